The number of nitrogens with zero attached hydrogens (tertiary/aromatic N) is 1. The Labute approximate surface area is 118 Å². The lowest BCUT2D eigenvalue weighted by Gasteiger charge is -2.03. The highest BCUT2D eigenvalue weighted by atomic mass is 35.5. The predicted octanol–water partition coefficient (Wildman–Crippen LogP) is 3.17. The van der Waals surface area contributed by atoms with Gasteiger partial charge in [0.2, 0.25) is 0 Å². The Morgan fingerprint density at radius 3 is 2.90 bits per heavy atom. The van der Waals surface area contributed by atoms with E-state index >= 15 is 0 Å². The van der Waals surface area contributed by atoms with E-state index in [-0.39, 0.29) is 5.56 Å². The van der Waals surface area contributed by atoms with Gasteiger partial charge in [-0.25, -0.2) is 9.37 Å². The van der Waals surface area contributed by atoms with Gasteiger partial charge in [0.1, 0.15) is 11.5 Å². The molecule has 0 aliphatic heterocycles. The number of hydrogen-bond acceptors (Lipinski definition) is 3. The van der Waals surface area contributed by atoms with E-state index in [9.17, 15) is 9.18 Å². The third kappa shape index (κ3) is 2.02. The maximum absolute atomic E-state index is 13.8. The summed E-state index contributed by atoms with van der Waals surface area (Å²) < 4.78 is 13.8. The molecule has 0 aliphatic rings. The highest BCUT2D eigenvalue weighted by Crippen LogP contribution is 2.24. The highest BCUT2D eigenvalue weighted by Gasteiger charge is 2.18. The fraction of sp³-hybridized carbons (Fsp3) is 0. The van der Waals surface area contributed by atoms with Crippen molar-refractivity contribution in [2.45, 2.75) is 0 Å². The van der Waals surface area contributed by atoms with Gasteiger partial charge in [0.15, 0.2) is 5.78 Å². The molecule has 0 unspecified atom stereocenters. The normalized spacial score (nSPS) is 10.9. The summed E-state index contributed by atoms with van der Waals surface area (Å²) in [6.45, 7) is 0. The minimum absolute atomic E-state index is 0.0779. The quantitative estimate of drug-likeness (QED) is 0.562. The summed E-state index contributed by atoms with van der Waals surface area (Å²) in [6.07, 6.45) is 2.95. The standard InChI is InChI=1S/C14H9ClFN3O/c15-7-3-9-11(6-19-14(9)18-5-7)13(20)10-4-8(17)1-2-12(10)16/h1-6H,17H2,(H,18,19). The van der Waals surface area contributed by atoms with Crippen molar-refractivity contribution in [3.63, 3.8) is 0 Å². The van der Waals surface area contributed by atoms with E-state index in [1.54, 1.807) is 6.07 Å². The maximum atomic E-state index is 13.8. The molecule has 0 aliphatic carbocycles. The van der Waals surface area contributed by atoms with Crippen LogP contribution in [0.2, 0.25) is 5.02 Å². The lowest BCUT2D eigenvalue weighted by Crippen LogP contribution is -2.04. The number of ketones is 1. The van der Waals surface area contributed by atoms with E-state index in [0.29, 0.717) is 27.3 Å². The summed E-state index contributed by atoms with van der Waals surface area (Å²) in [5, 5.41) is 0.948. The van der Waals surface area contributed by atoms with Crippen LogP contribution >= 0.6 is 11.6 Å². The van der Waals surface area contributed by atoms with Crippen molar-refractivity contribution < 1.29 is 9.18 Å². The van der Waals surface area contributed by atoms with Crippen molar-refractivity contribution >= 4 is 34.1 Å². The number of halogens is 2. The Bertz CT molecular complexity index is 828. The second kappa shape index (κ2) is 4.61. The smallest absolute Gasteiger partial charge is 0.198 e. The molecule has 3 N–H and O–H groups in total. The summed E-state index contributed by atoms with van der Waals surface area (Å²) in [6, 6.07) is 5.49. The van der Waals surface area contributed by atoms with Gasteiger partial charge in [0, 0.05) is 29.0 Å². The number of pyridine rings is 1. The summed E-state index contributed by atoms with van der Waals surface area (Å²) in [4.78, 5) is 19.3. The SMILES string of the molecule is Nc1ccc(F)c(C(=O)c2c[nH]c3ncc(Cl)cc23)c1. The van der Waals surface area contributed by atoms with Gasteiger partial charge in [-0.05, 0) is 24.3 Å². The summed E-state index contributed by atoms with van der Waals surface area (Å²) >= 11 is 5.87. The second-order valence-electron chi connectivity index (χ2n) is 4.32. The van der Waals surface area contributed by atoms with Crippen molar-refractivity contribution in [1.29, 1.82) is 0 Å². The molecule has 100 valence electrons. The molecule has 2 heterocycles. The number of anilines is 1. The van der Waals surface area contributed by atoms with Gasteiger partial charge in [0.25, 0.3) is 0 Å². The van der Waals surface area contributed by atoms with E-state index < -0.39 is 11.6 Å². The maximum Gasteiger partial charge on any atom is 0.198 e. The van der Waals surface area contributed by atoms with Crippen LogP contribution in [-0.2, 0) is 0 Å². The topological polar surface area (TPSA) is 71.8 Å². The Morgan fingerprint density at radius 2 is 2.10 bits per heavy atom. The van der Waals surface area contributed by atoms with Crippen molar-refractivity contribution in [1.82, 2.24) is 9.97 Å². The van der Waals surface area contributed by atoms with Gasteiger partial charge in [0.05, 0.1) is 10.6 Å². The first-order chi connectivity index (χ1) is 9.56. The number of aromatic amines is 1. The van der Waals surface area contributed by atoms with E-state index in [2.05, 4.69) is 9.97 Å². The van der Waals surface area contributed by atoms with Gasteiger partial charge < -0.3 is 10.7 Å². The fourth-order valence-electron chi connectivity index (χ4n) is 2.03. The zero-order valence-corrected chi connectivity index (χ0v) is 10.9. The third-order valence-electron chi connectivity index (χ3n) is 2.98. The molecule has 0 radical (unpaired) electrons. The molecule has 3 rings (SSSR count). The lowest BCUT2D eigenvalue weighted by atomic mass is 10.0. The van der Waals surface area contributed by atoms with Crippen LogP contribution in [0, 0.1) is 5.82 Å². The molecule has 1 aromatic carbocycles. The third-order valence-corrected chi connectivity index (χ3v) is 3.18. The first kappa shape index (κ1) is 12.6. The summed E-state index contributed by atoms with van der Waals surface area (Å²) in [5.41, 5.74) is 6.66. The molecule has 2 aromatic heterocycles. The van der Waals surface area contributed by atoms with Gasteiger partial charge in [-0.3, -0.25) is 4.79 Å². The predicted molar refractivity (Wildman–Crippen MR) is 75.3 cm³/mol. The minimum Gasteiger partial charge on any atom is -0.399 e. The van der Waals surface area contributed by atoms with E-state index in [4.69, 9.17) is 17.3 Å². The Balaban J connectivity index is 2.17. The minimum atomic E-state index is -0.617. The van der Waals surface area contributed by atoms with E-state index in [0.717, 1.165) is 0 Å². The molecule has 6 heteroatoms. The van der Waals surface area contributed by atoms with E-state index in [1.807, 2.05) is 0 Å². The molecule has 0 fully saturated rings. The molecule has 0 atom stereocenters. The van der Waals surface area contributed by atoms with Gasteiger partial charge in [-0.1, -0.05) is 11.6 Å². The first-order valence-electron chi connectivity index (χ1n) is 5.78. The first-order valence-corrected chi connectivity index (χ1v) is 6.16. The van der Waals surface area contributed by atoms with Gasteiger partial charge >= 0.3 is 0 Å². The van der Waals surface area contributed by atoms with Crippen LogP contribution in [-0.4, -0.2) is 15.8 Å². The largest absolute Gasteiger partial charge is 0.399 e. The Kier molecular flexibility index (Phi) is 2.91. The summed E-state index contributed by atoms with van der Waals surface area (Å²) in [7, 11) is 0. The monoisotopic (exact) mass is 289 g/mol. The van der Waals surface area contributed by atoms with Crippen molar-refractivity contribution in [2.24, 2.45) is 0 Å². The molecule has 0 saturated heterocycles. The van der Waals surface area contributed by atoms with Gasteiger partial charge in [-0.15, -0.1) is 0 Å². The number of carbonyl (C=O) groups excluding carboxylic acids is 1. The second-order valence-corrected chi connectivity index (χ2v) is 4.76. The van der Waals surface area contributed by atoms with Crippen LogP contribution in [0.4, 0.5) is 10.1 Å². The Morgan fingerprint density at radius 1 is 1.30 bits per heavy atom. The number of aromatic nitrogens is 2. The van der Waals surface area contributed by atoms with Crippen molar-refractivity contribution in [3.05, 3.63) is 58.6 Å². The van der Waals surface area contributed by atoms with Gasteiger partial charge in [-0.2, -0.15) is 0 Å². The molecule has 3 aromatic rings. The number of carbonyl (C=O) groups is 1. The fourth-order valence-corrected chi connectivity index (χ4v) is 2.19. The Hall–Kier alpha value is -2.40. The zero-order valence-electron chi connectivity index (χ0n) is 10.2. The highest BCUT2D eigenvalue weighted by molar-refractivity contribution is 6.31. The van der Waals surface area contributed by atoms with E-state index in [1.165, 1.54) is 30.6 Å². The van der Waals surface area contributed by atoms with Crippen LogP contribution < -0.4 is 5.73 Å². The molecule has 0 amide bonds. The number of benzene rings is 1. The number of nitrogens with two attached hydrogens (primary N) is 1. The number of hydrogen-bond donors (Lipinski definition) is 2. The number of fused-ring (bicyclic) bond motifs is 1. The molecule has 0 saturated carbocycles. The van der Waals surface area contributed by atoms with Crippen LogP contribution in [0.15, 0.2) is 36.7 Å². The molecule has 0 bridgehead atoms. The molecule has 0 spiro atoms. The van der Waals surface area contributed by atoms with Crippen LogP contribution in [0.1, 0.15) is 15.9 Å². The molecule has 4 nitrogen and oxygen atoms in total. The number of nitrogen functional groups attached to an aromatic ring is 1. The number of rotatable bonds is 2. The zero-order chi connectivity index (χ0) is 14.3. The summed E-state index contributed by atoms with van der Waals surface area (Å²) in [5.74, 6) is -1.08. The van der Waals surface area contributed by atoms with Crippen molar-refractivity contribution in [2.75, 3.05) is 5.73 Å². The molecular weight excluding hydrogens is 281 g/mol. The number of nitrogens with one attached hydrogen (secondary N) is 1. The average Bonchev–Trinajstić information content (AvgIpc) is 2.83. The van der Waals surface area contributed by atoms with Crippen LogP contribution in [0.5, 0.6) is 0 Å². The van der Waals surface area contributed by atoms with Crippen molar-refractivity contribution in [3.8, 4) is 0 Å². The van der Waals surface area contributed by atoms with Crippen LogP contribution in [0.3, 0.4) is 0 Å². The average molecular weight is 290 g/mol. The van der Waals surface area contributed by atoms with Crippen LogP contribution in [0.25, 0.3) is 11.0 Å². The lowest BCUT2D eigenvalue weighted by molar-refractivity contribution is 0.103. The number of H-pyrrole nitrogens is 1. The molecule has 20 heavy (non-hydrogen) atoms. The molecular formula is C14H9ClFN3O.